The summed E-state index contributed by atoms with van der Waals surface area (Å²) in [6.45, 7) is 4.64. The first-order valence-corrected chi connectivity index (χ1v) is 6.09. The Balaban J connectivity index is 2.12. The van der Waals surface area contributed by atoms with E-state index >= 15 is 0 Å². The lowest BCUT2D eigenvalue weighted by atomic mass is 10.1. The molecule has 5 heteroatoms. The van der Waals surface area contributed by atoms with E-state index in [4.69, 9.17) is 9.47 Å². The zero-order valence-electron chi connectivity index (χ0n) is 11.1. The van der Waals surface area contributed by atoms with Crippen molar-refractivity contribution in [3.63, 3.8) is 0 Å². The van der Waals surface area contributed by atoms with Gasteiger partial charge in [0.15, 0.2) is 0 Å². The number of hydrogen-bond donors (Lipinski definition) is 2. The van der Waals surface area contributed by atoms with Crippen LogP contribution in [0.5, 0.6) is 0 Å². The van der Waals surface area contributed by atoms with E-state index in [0.717, 1.165) is 12.1 Å². The Morgan fingerprint density at radius 3 is 3.00 bits per heavy atom. The quantitative estimate of drug-likeness (QED) is 0.628. The van der Waals surface area contributed by atoms with Crippen LogP contribution in [-0.2, 0) is 16.0 Å². The molecule has 0 amide bonds. The average Bonchev–Trinajstić information content (AvgIpc) is 2.37. The van der Waals surface area contributed by atoms with E-state index in [1.165, 1.54) is 5.56 Å². The highest BCUT2D eigenvalue weighted by Crippen LogP contribution is 2.03. The molecule has 102 valence electrons. The third-order valence-electron chi connectivity index (χ3n) is 2.57. The van der Waals surface area contributed by atoms with Crippen LogP contribution in [0.2, 0.25) is 0 Å². The van der Waals surface area contributed by atoms with Crippen LogP contribution in [-0.4, -0.2) is 49.7 Å². The van der Waals surface area contributed by atoms with E-state index < -0.39 is 6.10 Å². The predicted octanol–water partition coefficient (Wildman–Crippen LogP) is 0.504. The van der Waals surface area contributed by atoms with Gasteiger partial charge in [0.25, 0.3) is 0 Å². The number of aliphatic hydroxyl groups is 1. The Labute approximate surface area is 108 Å². The van der Waals surface area contributed by atoms with Crippen LogP contribution in [0.15, 0.2) is 18.5 Å². The third kappa shape index (κ3) is 6.07. The fraction of sp³-hybridized carbons (Fsp3) is 0.615. The van der Waals surface area contributed by atoms with E-state index in [9.17, 15) is 5.11 Å². The smallest absolute Gasteiger partial charge is 0.0897 e. The van der Waals surface area contributed by atoms with Gasteiger partial charge in [0.1, 0.15) is 0 Å². The van der Waals surface area contributed by atoms with Crippen molar-refractivity contribution in [3.05, 3.63) is 29.6 Å². The number of aliphatic hydroxyl groups excluding tert-OH is 1. The molecule has 0 aromatic carbocycles. The van der Waals surface area contributed by atoms with Crippen molar-refractivity contribution in [2.24, 2.45) is 0 Å². The van der Waals surface area contributed by atoms with E-state index in [1.54, 1.807) is 13.3 Å². The molecule has 5 nitrogen and oxygen atoms in total. The zero-order chi connectivity index (χ0) is 13.2. The second kappa shape index (κ2) is 8.99. The molecule has 0 saturated heterocycles. The van der Waals surface area contributed by atoms with Crippen LogP contribution in [0.4, 0.5) is 0 Å². The fourth-order valence-electron chi connectivity index (χ4n) is 1.49. The van der Waals surface area contributed by atoms with E-state index in [1.807, 2.05) is 19.2 Å². The number of methoxy groups -OCH3 is 1. The predicted molar refractivity (Wildman–Crippen MR) is 69.4 cm³/mol. The molecule has 1 atom stereocenters. The Morgan fingerprint density at radius 2 is 2.28 bits per heavy atom. The largest absolute Gasteiger partial charge is 0.389 e. The molecule has 0 spiro atoms. The van der Waals surface area contributed by atoms with Gasteiger partial charge in [0, 0.05) is 32.6 Å². The summed E-state index contributed by atoms with van der Waals surface area (Å²) in [5, 5.41) is 12.8. The highest BCUT2D eigenvalue weighted by atomic mass is 16.5. The van der Waals surface area contributed by atoms with E-state index in [0.29, 0.717) is 26.4 Å². The van der Waals surface area contributed by atoms with Gasteiger partial charge in [-0.05, 0) is 24.1 Å². The minimum Gasteiger partial charge on any atom is -0.389 e. The summed E-state index contributed by atoms with van der Waals surface area (Å²) in [5.41, 5.74) is 2.34. The minimum atomic E-state index is -0.496. The van der Waals surface area contributed by atoms with Crippen LogP contribution >= 0.6 is 0 Å². The molecule has 1 aromatic rings. The van der Waals surface area contributed by atoms with E-state index in [-0.39, 0.29) is 0 Å². The molecule has 1 heterocycles. The van der Waals surface area contributed by atoms with Gasteiger partial charge in [0.2, 0.25) is 0 Å². The second-order valence-electron chi connectivity index (χ2n) is 4.15. The molecule has 0 bridgehead atoms. The molecule has 0 aliphatic heterocycles. The van der Waals surface area contributed by atoms with Crippen molar-refractivity contribution in [2.75, 3.05) is 33.5 Å². The summed E-state index contributed by atoms with van der Waals surface area (Å²) in [4.78, 5) is 4.04. The first-order chi connectivity index (χ1) is 8.74. The number of nitrogens with zero attached hydrogens (tertiary/aromatic N) is 1. The standard InChI is InChI=1S/C13H22N2O3/c1-11-7-14-4-3-12(11)8-15-9-13(16)10-18-6-5-17-2/h3-4,7,13,15-16H,5-6,8-10H2,1-2H3. The van der Waals surface area contributed by atoms with Crippen molar-refractivity contribution < 1.29 is 14.6 Å². The average molecular weight is 254 g/mol. The zero-order valence-corrected chi connectivity index (χ0v) is 11.1. The first kappa shape index (κ1) is 15.0. The molecule has 0 fully saturated rings. The Hall–Kier alpha value is -1.01. The summed E-state index contributed by atoms with van der Waals surface area (Å²) < 4.78 is 10.1. The Kier molecular flexibility index (Phi) is 7.52. The molecule has 2 N–H and O–H groups in total. The van der Waals surface area contributed by atoms with Crippen LogP contribution in [0.25, 0.3) is 0 Å². The minimum absolute atomic E-state index is 0.325. The van der Waals surface area contributed by atoms with Crippen molar-refractivity contribution >= 4 is 0 Å². The van der Waals surface area contributed by atoms with Crippen molar-refractivity contribution in [1.29, 1.82) is 0 Å². The van der Waals surface area contributed by atoms with E-state index in [2.05, 4.69) is 10.3 Å². The number of aryl methyl sites for hydroxylation is 1. The number of ether oxygens (including phenoxy) is 2. The number of rotatable bonds is 9. The maximum Gasteiger partial charge on any atom is 0.0897 e. The molecule has 1 aromatic heterocycles. The lowest BCUT2D eigenvalue weighted by molar-refractivity contribution is 0.0137. The number of nitrogens with one attached hydrogen (secondary N) is 1. The van der Waals surface area contributed by atoms with Gasteiger partial charge in [-0.1, -0.05) is 0 Å². The highest BCUT2D eigenvalue weighted by Gasteiger charge is 2.04. The summed E-state index contributed by atoms with van der Waals surface area (Å²) in [6, 6.07) is 1.98. The normalized spacial score (nSPS) is 12.6. The molecule has 0 aliphatic rings. The van der Waals surface area contributed by atoms with Gasteiger partial charge in [0.05, 0.1) is 25.9 Å². The number of pyridine rings is 1. The maximum atomic E-state index is 9.66. The SMILES string of the molecule is COCCOCC(O)CNCc1ccncc1C. The summed E-state index contributed by atoms with van der Waals surface area (Å²) >= 11 is 0. The van der Waals surface area contributed by atoms with Crippen molar-refractivity contribution in [3.8, 4) is 0 Å². The van der Waals surface area contributed by atoms with Gasteiger partial charge in [-0.2, -0.15) is 0 Å². The molecule has 1 unspecified atom stereocenters. The summed E-state index contributed by atoms with van der Waals surface area (Å²) in [6.07, 6.45) is 3.11. The Bertz CT molecular complexity index is 334. The van der Waals surface area contributed by atoms with Gasteiger partial charge in [-0.25, -0.2) is 0 Å². The monoisotopic (exact) mass is 254 g/mol. The highest BCUT2D eigenvalue weighted by molar-refractivity contribution is 5.21. The van der Waals surface area contributed by atoms with Crippen molar-refractivity contribution in [2.45, 2.75) is 19.6 Å². The molecule has 0 saturated carbocycles. The Morgan fingerprint density at radius 1 is 1.44 bits per heavy atom. The molecular formula is C13H22N2O3. The lowest BCUT2D eigenvalue weighted by Crippen LogP contribution is -2.30. The third-order valence-corrected chi connectivity index (χ3v) is 2.57. The van der Waals surface area contributed by atoms with Crippen LogP contribution < -0.4 is 5.32 Å². The topological polar surface area (TPSA) is 63.6 Å². The first-order valence-electron chi connectivity index (χ1n) is 6.09. The summed E-state index contributed by atoms with van der Waals surface area (Å²) in [7, 11) is 1.62. The molecule has 0 radical (unpaired) electrons. The number of hydrogen-bond acceptors (Lipinski definition) is 5. The maximum absolute atomic E-state index is 9.66. The van der Waals surface area contributed by atoms with Gasteiger partial charge >= 0.3 is 0 Å². The van der Waals surface area contributed by atoms with Gasteiger partial charge in [-0.15, -0.1) is 0 Å². The lowest BCUT2D eigenvalue weighted by Gasteiger charge is -2.13. The van der Waals surface area contributed by atoms with Crippen molar-refractivity contribution in [1.82, 2.24) is 10.3 Å². The van der Waals surface area contributed by atoms with Gasteiger partial charge in [-0.3, -0.25) is 4.98 Å². The van der Waals surface area contributed by atoms with Crippen LogP contribution in [0, 0.1) is 6.92 Å². The summed E-state index contributed by atoms with van der Waals surface area (Å²) in [5.74, 6) is 0. The molecular weight excluding hydrogens is 232 g/mol. The molecule has 0 aliphatic carbocycles. The van der Waals surface area contributed by atoms with Gasteiger partial charge < -0.3 is 19.9 Å². The van der Waals surface area contributed by atoms with Crippen LogP contribution in [0.3, 0.4) is 0 Å². The van der Waals surface area contributed by atoms with Crippen LogP contribution in [0.1, 0.15) is 11.1 Å². The number of aromatic nitrogens is 1. The molecule has 18 heavy (non-hydrogen) atoms. The second-order valence-corrected chi connectivity index (χ2v) is 4.15. The molecule has 1 rings (SSSR count). The fourth-order valence-corrected chi connectivity index (χ4v) is 1.49.